The molecule has 0 saturated heterocycles. The maximum absolute atomic E-state index is 9.38. The summed E-state index contributed by atoms with van der Waals surface area (Å²) >= 11 is 5.06. The van der Waals surface area contributed by atoms with Crippen molar-refractivity contribution in [2.24, 2.45) is 0 Å². The fourth-order valence-corrected chi connectivity index (χ4v) is 0.204. The Morgan fingerprint density at radius 3 is 2.86 bits per heavy atom. The molecule has 0 unspecified atom stereocenters. The molecule has 0 aromatic heterocycles. The normalized spacial score (nSPS) is 9.29. The third kappa shape index (κ3) is 5.50. The third-order valence-corrected chi connectivity index (χ3v) is 0.528. The lowest BCUT2D eigenvalue weighted by atomic mass is 10.7. The Morgan fingerprint density at radius 2 is 2.43 bits per heavy atom. The Morgan fingerprint density at radius 1 is 1.71 bits per heavy atom. The topological polar surface area (TPSA) is 26.3 Å². The predicted octanol–water partition coefficient (Wildman–Crippen LogP) is 0.912. The van der Waals surface area contributed by atoms with E-state index in [1.54, 1.807) is 0 Å². The summed E-state index contributed by atoms with van der Waals surface area (Å²) in [5.74, 6) is 0. The van der Waals surface area contributed by atoms with Crippen LogP contribution in [0.15, 0.2) is 11.6 Å². The molecule has 0 saturated carbocycles. The Balaban J connectivity index is 2.82. The Hall–Kier alpha value is -0.500. The lowest BCUT2D eigenvalue weighted by molar-refractivity contribution is -0.127. The molecule has 3 heteroatoms. The molecule has 0 radical (unpaired) electrons. The lowest BCUT2D eigenvalue weighted by Gasteiger charge is -1.83. The molecule has 0 aliphatic heterocycles. The van der Waals surface area contributed by atoms with Crippen molar-refractivity contribution in [3.05, 3.63) is 11.6 Å². The zero-order valence-electron chi connectivity index (χ0n) is 3.63. The Kier molecular flexibility index (Phi) is 5.11. The number of rotatable bonds is 3. The molecule has 0 rings (SSSR count). The highest BCUT2D eigenvalue weighted by Gasteiger charge is 1.69. The number of carbonyl (C=O) groups excluding carboxylic acids is 1. The summed E-state index contributed by atoms with van der Waals surface area (Å²) in [4.78, 5) is 9.38. The molecule has 0 aromatic carbocycles. The minimum atomic E-state index is 0.257. The van der Waals surface area contributed by atoms with Crippen LogP contribution in [0, 0.1) is 0 Å². The Bertz CT molecular complexity index is 70.1. The largest absolute Gasteiger partial charge is 0.464 e. The van der Waals surface area contributed by atoms with Crippen molar-refractivity contribution >= 4 is 18.1 Å². The van der Waals surface area contributed by atoms with E-state index in [1.165, 1.54) is 11.6 Å². The molecule has 0 fully saturated rings. The van der Waals surface area contributed by atoms with E-state index >= 15 is 0 Å². The van der Waals surface area contributed by atoms with Gasteiger partial charge in [-0.3, -0.25) is 4.79 Å². The quantitative estimate of drug-likeness (QED) is 0.409. The molecule has 0 spiro atoms. The van der Waals surface area contributed by atoms with Crippen molar-refractivity contribution in [1.29, 1.82) is 0 Å². The van der Waals surface area contributed by atoms with E-state index < -0.39 is 0 Å². The highest BCUT2D eigenvalue weighted by molar-refractivity contribution is 6.25. The summed E-state index contributed by atoms with van der Waals surface area (Å²) in [6.45, 7) is 0.629. The average molecular weight is 121 g/mol. The second kappa shape index (κ2) is 5.50. The zero-order valence-corrected chi connectivity index (χ0v) is 4.39. The van der Waals surface area contributed by atoms with Crippen molar-refractivity contribution in [2.45, 2.75) is 0 Å². The van der Waals surface area contributed by atoms with Crippen LogP contribution in [0.3, 0.4) is 0 Å². The second-order valence-corrected chi connectivity index (χ2v) is 1.04. The summed E-state index contributed by atoms with van der Waals surface area (Å²) in [6.07, 6.45) is 1.52. The third-order valence-electron chi connectivity index (χ3n) is 0.350. The van der Waals surface area contributed by atoms with Gasteiger partial charge in [-0.2, -0.15) is 0 Å². The van der Waals surface area contributed by atoms with Gasteiger partial charge >= 0.3 is 0 Å². The van der Waals surface area contributed by atoms with Crippen LogP contribution in [-0.2, 0) is 9.53 Å². The van der Waals surface area contributed by atoms with Gasteiger partial charge in [0.05, 0.1) is 0 Å². The van der Waals surface area contributed by atoms with Gasteiger partial charge in [-0.05, 0) is 6.08 Å². The molecular formula is C4H5ClO2. The van der Waals surface area contributed by atoms with E-state index in [0.717, 1.165) is 0 Å². The van der Waals surface area contributed by atoms with E-state index in [4.69, 9.17) is 11.6 Å². The van der Waals surface area contributed by atoms with Crippen LogP contribution in [-0.4, -0.2) is 13.1 Å². The molecule has 0 aliphatic rings. The van der Waals surface area contributed by atoms with Crippen LogP contribution in [0.1, 0.15) is 0 Å². The van der Waals surface area contributed by atoms with Crippen molar-refractivity contribution in [2.75, 3.05) is 6.61 Å². The number of hydrogen-bond acceptors (Lipinski definition) is 2. The van der Waals surface area contributed by atoms with Gasteiger partial charge in [-0.15, -0.1) is 0 Å². The highest BCUT2D eigenvalue weighted by atomic mass is 35.5. The molecule has 0 bridgehead atoms. The maximum atomic E-state index is 9.38. The van der Waals surface area contributed by atoms with Crippen molar-refractivity contribution in [3.63, 3.8) is 0 Å². The molecule has 40 valence electrons. The van der Waals surface area contributed by atoms with Gasteiger partial charge in [0.1, 0.15) is 6.61 Å². The van der Waals surface area contributed by atoms with E-state index in [-0.39, 0.29) is 6.61 Å². The second-order valence-electron chi connectivity index (χ2n) is 0.791. The van der Waals surface area contributed by atoms with Crippen LogP contribution in [0.2, 0.25) is 0 Å². The first-order valence-electron chi connectivity index (χ1n) is 1.72. The molecule has 0 aromatic rings. The Labute approximate surface area is 46.7 Å². The van der Waals surface area contributed by atoms with E-state index in [1.807, 2.05) is 0 Å². The van der Waals surface area contributed by atoms with Crippen molar-refractivity contribution in [1.82, 2.24) is 0 Å². The summed E-state index contributed by atoms with van der Waals surface area (Å²) < 4.78 is 4.22. The summed E-state index contributed by atoms with van der Waals surface area (Å²) in [7, 11) is 0. The monoisotopic (exact) mass is 120 g/mol. The standard InChI is InChI=1S/C4H5ClO2/c5-2-1-3-7-4-6/h1-2,4H,3H2. The molecule has 0 atom stereocenters. The first kappa shape index (κ1) is 6.50. The van der Waals surface area contributed by atoms with Gasteiger partial charge in [-0.1, -0.05) is 11.6 Å². The smallest absolute Gasteiger partial charge is 0.293 e. The van der Waals surface area contributed by atoms with Crippen LogP contribution in [0.5, 0.6) is 0 Å². The van der Waals surface area contributed by atoms with Gasteiger partial charge < -0.3 is 4.74 Å². The fraction of sp³-hybridized carbons (Fsp3) is 0.250. The minimum Gasteiger partial charge on any atom is -0.464 e. The maximum Gasteiger partial charge on any atom is 0.293 e. The van der Waals surface area contributed by atoms with E-state index in [2.05, 4.69) is 4.74 Å². The average Bonchev–Trinajstić information content (AvgIpc) is 1.69. The van der Waals surface area contributed by atoms with E-state index in [9.17, 15) is 4.79 Å². The fourth-order valence-electron chi connectivity index (χ4n) is 0.131. The van der Waals surface area contributed by atoms with Crippen LogP contribution >= 0.6 is 11.6 Å². The predicted molar refractivity (Wildman–Crippen MR) is 27.0 cm³/mol. The molecule has 2 nitrogen and oxygen atoms in total. The highest BCUT2D eigenvalue weighted by Crippen LogP contribution is 1.76. The molecule has 0 amide bonds. The molecular weight excluding hydrogens is 115 g/mol. The number of ether oxygens (including phenoxy) is 1. The van der Waals surface area contributed by atoms with Crippen LogP contribution in [0.25, 0.3) is 0 Å². The van der Waals surface area contributed by atoms with Crippen LogP contribution in [0.4, 0.5) is 0 Å². The summed E-state index contributed by atoms with van der Waals surface area (Å²) in [5, 5.41) is 0. The van der Waals surface area contributed by atoms with Crippen molar-refractivity contribution in [3.8, 4) is 0 Å². The summed E-state index contributed by atoms with van der Waals surface area (Å²) in [6, 6.07) is 0. The molecule has 0 heterocycles. The molecule has 7 heavy (non-hydrogen) atoms. The van der Waals surface area contributed by atoms with Gasteiger partial charge in [0.2, 0.25) is 0 Å². The first-order valence-corrected chi connectivity index (χ1v) is 2.16. The SMILES string of the molecule is O=COCC=CCl. The molecule has 0 aliphatic carbocycles. The van der Waals surface area contributed by atoms with Crippen LogP contribution < -0.4 is 0 Å². The van der Waals surface area contributed by atoms with E-state index in [0.29, 0.717) is 6.47 Å². The molecule has 0 N–H and O–H groups in total. The van der Waals surface area contributed by atoms with Crippen molar-refractivity contribution < 1.29 is 9.53 Å². The van der Waals surface area contributed by atoms with Gasteiger partial charge in [0.15, 0.2) is 0 Å². The lowest BCUT2D eigenvalue weighted by Crippen LogP contribution is -1.83. The number of hydrogen-bond donors (Lipinski definition) is 0. The number of halogens is 1. The van der Waals surface area contributed by atoms with Gasteiger partial charge in [-0.25, -0.2) is 0 Å². The van der Waals surface area contributed by atoms with Gasteiger partial charge in [0, 0.05) is 5.54 Å². The zero-order chi connectivity index (χ0) is 5.54. The van der Waals surface area contributed by atoms with Gasteiger partial charge in [0.25, 0.3) is 6.47 Å². The first-order chi connectivity index (χ1) is 3.41. The number of carbonyl (C=O) groups is 1. The summed E-state index contributed by atoms with van der Waals surface area (Å²) in [5.41, 5.74) is 1.30. The minimum absolute atomic E-state index is 0.257.